The molecule has 2 aromatic rings. The summed E-state index contributed by atoms with van der Waals surface area (Å²) < 4.78 is 58.6. The number of halogens is 4. The van der Waals surface area contributed by atoms with Crippen LogP contribution in [0, 0.1) is 37.1 Å². The van der Waals surface area contributed by atoms with Crippen molar-refractivity contribution in [2.45, 2.75) is 20.5 Å². The monoisotopic (exact) mass is 284 g/mol. The minimum Gasteiger partial charge on any atom is -0.486 e. The Morgan fingerprint density at radius 1 is 0.900 bits per heavy atom. The fourth-order valence-corrected chi connectivity index (χ4v) is 1.68. The van der Waals surface area contributed by atoms with Crippen LogP contribution in [-0.4, -0.2) is 0 Å². The first kappa shape index (κ1) is 14.4. The molecular weight excluding hydrogens is 272 g/mol. The molecule has 1 nitrogen and oxygen atoms in total. The summed E-state index contributed by atoms with van der Waals surface area (Å²) in [6, 6.07) is 4.83. The van der Waals surface area contributed by atoms with Crippen molar-refractivity contribution < 1.29 is 22.3 Å². The van der Waals surface area contributed by atoms with Gasteiger partial charge in [-0.15, -0.1) is 0 Å². The van der Waals surface area contributed by atoms with Gasteiger partial charge in [0.15, 0.2) is 11.6 Å². The van der Waals surface area contributed by atoms with Gasteiger partial charge in [0, 0.05) is 5.56 Å². The number of hydrogen-bond acceptors (Lipinski definition) is 1. The molecule has 5 heteroatoms. The molecule has 0 amide bonds. The van der Waals surface area contributed by atoms with Crippen LogP contribution in [0.5, 0.6) is 5.75 Å². The van der Waals surface area contributed by atoms with E-state index in [2.05, 4.69) is 0 Å². The molecule has 20 heavy (non-hydrogen) atoms. The molecular formula is C15H12F4O. The van der Waals surface area contributed by atoms with E-state index in [1.165, 1.54) is 26.0 Å². The van der Waals surface area contributed by atoms with E-state index >= 15 is 0 Å². The Balaban J connectivity index is 2.19. The van der Waals surface area contributed by atoms with Gasteiger partial charge in [-0.25, -0.2) is 13.2 Å². The lowest BCUT2D eigenvalue weighted by Crippen LogP contribution is -2.02. The Hall–Kier alpha value is -2.04. The minimum absolute atomic E-state index is 0.0960. The number of aryl methyl sites for hydroxylation is 1. The van der Waals surface area contributed by atoms with E-state index in [0.717, 1.165) is 12.1 Å². The van der Waals surface area contributed by atoms with Gasteiger partial charge in [-0.1, -0.05) is 6.07 Å². The molecule has 0 radical (unpaired) electrons. The van der Waals surface area contributed by atoms with E-state index in [1.807, 2.05) is 0 Å². The number of benzene rings is 2. The van der Waals surface area contributed by atoms with Crippen molar-refractivity contribution in [2.75, 3.05) is 0 Å². The van der Waals surface area contributed by atoms with Crippen molar-refractivity contribution in [3.8, 4) is 5.75 Å². The highest BCUT2D eigenvalue weighted by Crippen LogP contribution is 2.23. The summed E-state index contributed by atoms with van der Waals surface area (Å²) in [5.74, 6) is -3.82. The van der Waals surface area contributed by atoms with Crippen molar-refractivity contribution in [1.82, 2.24) is 0 Å². The minimum atomic E-state index is -1.11. The van der Waals surface area contributed by atoms with Crippen LogP contribution in [0.2, 0.25) is 0 Å². The highest BCUT2D eigenvalue weighted by Gasteiger charge is 2.13. The maximum atomic E-state index is 13.5. The molecule has 0 unspecified atom stereocenters. The largest absolute Gasteiger partial charge is 0.486 e. The molecule has 0 saturated carbocycles. The van der Waals surface area contributed by atoms with Gasteiger partial charge in [0.25, 0.3) is 0 Å². The van der Waals surface area contributed by atoms with Gasteiger partial charge in [0.2, 0.25) is 5.82 Å². The van der Waals surface area contributed by atoms with Crippen LogP contribution in [0.15, 0.2) is 24.3 Å². The van der Waals surface area contributed by atoms with E-state index in [4.69, 9.17) is 4.74 Å². The normalized spacial score (nSPS) is 10.7. The molecule has 0 spiro atoms. The molecule has 0 N–H and O–H groups in total. The Labute approximate surface area is 113 Å². The van der Waals surface area contributed by atoms with Gasteiger partial charge < -0.3 is 4.74 Å². The first-order valence-corrected chi connectivity index (χ1v) is 5.92. The molecule has 0 aliphatic heterocycles. The highest BCUT2D eigenvalue weighted by atomic mass is 19.2. The van der Waals surface area contributed by atoms with Crippen LogP contribution in [-0.2, 0) is 6.61 Å². The lowest BCUT2D eigenvalue weighted by atomic mass is 10.1. The molecule has 106 valence electrons. The molecule has 2 rings (SSSR count). The fourth-order valence-electron chi connectivity index (χ4n) is 1.68. The van der Waals surface area contributed by atoms with Crippen molar-refractivity contribution in [3.05, 3.63) is 64.2 Å². The maximum Gasteiger partial charge on any atom is 0.200 e. The zero-order valence-electron chi connectivity index (χ0n) is 10.9. The van der Waals surface area contributed by atoms with E-state index in [0.29, 0.717) is 0 Å². The van der Waals surface area contributed by atoms with Crippen molar-refractivity contribution in [1.29, 1.82) is 0 Å². The molecule has 0 aliphatic carbocycles. The maximum absolute atomic E-state index is 13.5. The third-order valence-electron chi connectivity index (χ3n) is 2.98. The standard InChI is InChI=1S/C15H12F4O/c1-8-3-4-13(15(19)14(8)18)20-7-10-5-11(16)9(2)12(17)6-10/h3-6H,7H2,1-2H3. The smallest absolute Gasteiger partial charge is 0.200 e. The van der Waals surface area contributed by atoms with Crippen LogP contribution in [0.3, 0.4) is 0 Å². The van der Waals surface area contributed by atoms with E-state index in [1.54, 1.807) is 0 Å². The Morgan fingerprint density at radius 3 is 2.10 bits per heavy atom. The average molecular weight is 284 g/mol. The molecule has 0 heterocycles. The molecule has 2 aromatic carbocycles. The average Bonchev–Trinajstić information content (AvgIpc) is 2.41. The number of ether oxygens (including phenoxy) is 1. The third-order valence-corrected chi connectivity index (χ3v) is 2.98. The summed E-state index contributed by atoms with van der Waals surface area (Å²) in [5, 5.41) is 0. The van der Waals surface area contributed by atoms with E-state index < -0.39 is 23.3 Å². The lowest BCUT2D eigenvalue weighted by Gasteiger charge is -2.10. The Morgan fingerprint density at radius 2 is 1.50 bits per heavy atom. The summed E-state index contributed by atoms with van der Waals surface area (Å²) in [4.78, 5) is 0. The fraction of sp³-hybridized carbons (Fsp3) is 0.200. The summed E-state index contributed by atoms with van der Waals surface area (Å²) >= 11 is 0. The summed E-state index contributed by atoms with van der Waals surface area (Å²) in [5.41, 5.74) is 0.259. The predicted molar refractivity (Wildman–Crippen MR) is 66.5 cm³/mol. The molecule has 0 aliphatic rings. The van der Waals surface area contributed by atoms with Crippen LogP contribution >= 0.6 is 0 Å². The van der Waals surface area contributed by atoms with E-state index in [-0.39, 0.29) is 29.0 Å². The zero-order chi connectivity index (χ0) is 14.9. The predicted octanol–water partition coefficient (Wildman–Crippen LogP) is 4.44. The summed E-state index contributed by atoms with van der Waals surface area (Å²) in [6.45, 7) is 2.48. The number of hydrogen-bond donors (Lipinski definition) is 0. The topological polar surface area (TPSA) is 9.23 Å². The SMILES string of the molecule is Cc1ccc(OCc2cc(F)c(C)c(F)c2)c(F)c1F. The van der Waals surface area contributed by atoms with Gasteiger partial charge in [-0.3, -0.25) is 0 Å². The van der Waals surface area contributed by atoms with Crippen molar-refractivity contribution >= 4 is 0 Å². The lowest BCUT2D eigenvalue weighted by molar-refractivity contribution is 0.283. The second kappa shape index (κ2) is 5.53. The van der Waals surface area contributed by atoms with Crippen LogP contribution in [0.4, 0.5) is 17.6 Å². The quantitative estimate of drug-likeness (QED) is 0.757. The molecule has 0 saturated heterocycles. The summed E-state index contributed by atoms with van der Waals surface area (Å²) in [6.07, 6.45) is 0. The van der Waals surface area contributed by atoms with Gasteiger partial charge in [-0.2, -0.15) is 4.39 Å². The first-order chi connectivity index (χ1) is 9.40. The molecule has 0 aromatic heterocycles. The van der Waals surface area contributed by atoms with Gasteiger partial charge in [-0.05, 0) is 43.2 Å². The molecule has 0 bridgehead atoms. The third kappa shape index (κ3) is 2.76. The zero-order valence-corrected chi connectivity index (χ0v) is 10.9. The van der Waals surface area contributed by atoms with Gasteiger partial charge in [0.05, 0.1) is 0 Å². The van der Waals surface area contributed by atoms with Crippen LogP contribution in [0.1, 0.15) is 16.7 Å². The highest BCUT2D eigenvalue weighted by molar-refractivity contribution is 5.31. The summed E-state index contributed by atoms with van der Waals surface area (Å²) in [7, 11) is 0. The Kier molecular flexibility index (Phi) is 3.97. The first-order valence-electron chi connectivity index (χ1n) is 5.92. The van der Waals surface area contributed by atoms with E-state index in [9.17, 15) is 17.6 Å². The second-order valence-corrected chi connectivity index (χ2v) is 4.48. The van der Waals surface area contributed by atoms with Gasteiger partial charge in [0.1, 0.15) is 18.2 Å². The molecule has 0 atom stereocenters. The van der Waals surface area contributed by atoms with Crippen LogP contribution in [0.25, 0.3) is 0 Å². The second-order valence-electron chi connectivity index (χ2n) is 4.48. The number of rotatable bonds is 3. The van der Waals surface area contributed by atoms with Crippen molar-refractivity contribution in [2.24, 2.45) is 0 Å². The van der Waals surface area contributed by atoms with Gasteiger partial charge >= 0.3 is 0 Å². The Bertz CT molecular complexity index is 630. The van der Waals surface area contributed by atoms with Crippen LogP contribution < -0.4 is 4.74 Å². The van der Waals surface area contributed by atoms with Crippen molar-refractivity contribution in [3.63, 3.8) is 0 Å². The molecule has 0 fully saturated rings.